The maximum absolute atomic E-state index is 10.1. The van der Waals surface area contributed by atoms with Gasteiger partial charge in [-0.05, 0) is 19.4 Å². The number of rotatable bonds is 5. The summed E-state index contributed by atoms with van der Waals surface area (Å²) in [4.78, 5) is 10.1. The molecule has 0 radical (unpaired) electrons. The minimum absolute atomic E-state index is 0. The summed E-state index contributed by atoms with van der Waals surface area (Å²) in [5, 5.41) is 8.33. The lowest BCUT2D eigenvalue weighted by atomic mass is 10.1. The smallest absolute Gasteiger partial charge is 0.320 e. The average Bonchev–Trinajstić information content (AvgIpc) is 1.88. The van der Waals surface area contributed by atoms with Gasteiger partial charge in [-0.15, -0.1) is 17.0 Å². The highest BCUT2D eigenvalue weighted by Crippen LogP contribution is 1.96. The van der Waals surface area contributed by atoms with E-state index >= 15 is 0 Å². The Hall–Kier alpha value is -0.130. The first-order valence-electron chi connectivity index (χ1n) is 3.37. The van der Waals surface area contributed by atoms with Crippen molar-refractivity contribution in [2.45, 2.75) is 25.3 Å². The average molecular weight is 227 g/mol. The normalized spacial score (nSPS) is 11.8. The molecule has 0 aromatic heterocycles. The second kappa shape index (κ2) is 7.97. The second-order valence-corrected chi connectivity index (χ2v) is 2.23. The number of nitrogens with two attached hydrogens (primary N) is 2. The number of carboxylic acids is 1. The predicted octanol–water partition coefficient (Wildman–Crippen LogP) is 0.105. The Kier molecular flexibility index (Phi) is 9.75. The Morgan fingerprint density at radius 1 is 1.45 bits per heavy atom. The van der Waals surface area contributed by atoms with Crippen LogP contribution in [0, 0.1) is 0 Å². The number of hydrogen-bond acceptors (Lipinski definition) is 3. The van der Waals surface area contributed by atoms with Crippen LogP contribution in [-0.2, 0) is 4.79 Å². The fourth-order valence-corrected chi connectivity index (χ4v) is 0.632. The van der Waals surface area contributed by atoms with Crippen LogP contribution >= 0.6 is 17.0 Å². The summed E-state index contributed by atoms with van der Waals surface area (Å²) in [5.74, 6) is -0.933. The molecule has 5 heteroatoms. The topological polar surface area (TPSA) is 89.3 Å². The van der Waals surface area contributed by atoms with Crippen LogP contribution in [0.2, 0.25) is 0 Å². The summed E-state index contributed by atoms with van der Waals surface area (Å²) in [7, 11) is 0. The zero-order valence-corrected chi connectivity index (χ0v) is 8.04. The van der Waals surface area contributed by atoms with E-state index < -0.39 is 12.0 Å². The fraction of sp³-hybridized carbons (Fsp3) is 0.833. The Morgan fingerprint density at radius 3 is 2.36 bits per heavy atom. The van der Waals surface area contributed by atoms with Crippen molar-refractivity contribution in [3.8, 4) is 0 Å². The zero-order valence-electron chi connectivity index (χ0n) is 6.32. The molecule has 0 bridgehead atoms. The van der Waals surface area contributed by atoms with Crippen LogP contribution in [0.1, 0.15) is 19.3 Å². The minimum Gasteiger partial charge on any atom is -0.480 e. The van der Waals surface area contributed by atoms with E-state index in [9.17, 15) is 4.79 Å². The lowest BCUT2D eigenvalue weighted by Crippen LogP contribution is -2.29. The van der Waals surface area contributed by atoms with Gasteiger partial charge in [0.05, 0.1) is 0 Å². The molecule has 4 nitrogen and oxygen atoms in total. The quantitative estimate of drug-likeness (QED) is 0.581. The number of carboxylic acid groups (broad SMARTS) is 1. The van der Waals surface area contributed by atoms with E-state index in [4.69, 9.17) is 16.6 Å². The van der Waals surface area contributed by atoms with E-state index in [-0.39, 0.29) is 17.0 Å². The minimum atomic E-state index is -0.933. The molecule has 0 aromatic carbocycles. The number of halogens is 1. The van der Waals surface area contributed by atoms with Gasteiger partial charge in [0.1, 0.15) is 6.04 Å². The van der Waals surface area contributed by atoms with Crippen LogP contribution in [-0.4, -0.2) is 23.7 Å². The maximum atomic E-state index is 10.1. The van der Waals surface area contributed by atoms with E-state index in [1.807, 2.05) is 0 Å². The van der Waals surface area contributed by atoms with E-state index in [0.717, 1.165) is 12.8 Å². The van der Waals surface area contributed by atoms with Crippen molar-refractivity contribution in [2.24, 2.45) is 11.5 Å². The van der Waals surface area contributed by atoms with Gasteiger partial charge < -0.3 is 16.6 Å². The molecule has 68 valence electrons. The molecule has 0 unspecified atom stereocenters. The van der Waals surface area contributed by atoms with E-state index in [2.05, 4.69) is 0 Å². The molecule has 0 aromatic rings. The van der Waals surface area contributed by atoms with Gasteiger partial charge in [-0.2, -0.15) is 0 Å². The molecule has 0 saturated carbocycles. The van der Waals surface area contributed by atoms with Gasteiger partial charge >= 0.3 is 5.97 Å². The molecule has 11 heavy (non-hydrogen) atoms. The van der Waals surface area contributed by atoms with Crippen LogP contribution in [0.4, 0.5) is 0 Å². The van der Waals surface area contributed by atoms with Crippen LogP contribution in [0.5, 0.6) is 0 Å². The summed E-state index contributed by atoms with van der Waals surface area (Å²) in [6, 6.07) is -0.716. The zero-order chi connectivity index (χ0) is 7.98. The van der Waals surface area contributed by atoms with Crippen molar-refractivity contribution in [3.05, 3.63) is 0 Å². The third-order valence-corrected chi connectivity index (χ3v) is 1.29. The number of unbranched alkanes of at least 4 members (excludes halogenated alkanes) is 1. The number of hydrogen-bond donors (Lipinski definition) is 3. The number of carbonyl (C=O) groups is 1. The van der Waals surface area contributed by atoms with E-state index in [0.29, 0.717) is 13.0 Å². The van der Waals surface area contributed by atoms with Crippen molar-refractivity contribution < 1.29 is 9.90 Å². The van der Waals surface area contributed by atoms with Crippen molar-refractivity contribution in [3.63, 3.8) is 0 Å². The van der Waals surface area contributed by atoms with Crippen molar-refractivity contribution >= 4 is 23.0 Å². The molecule has 0 fully saturated rings. The Balaban J connectivity index is 0. The van der Waals surface area contributed by atoms with Crippen molar-refractivity contribution in [2.75, 3.05) is 6.54 Å². The summed E-state index contributed by atoms with van der Waals surface area (Å²) in [6.07, 6.45) is 2.16. The van der Waals surface area contributed by atoms with Crippen LogP contribution < -0.4 is 11.5 Å². The molecule has 0 rings (SSSR count). The van der Waals surface area contributed by atoms with Gasteiger partial charge in [-0.3, -0.25) is 4.79 Å². The monoisotopic (exact) mass is 226 g/mol. The summed E-state index contributed by atoms with van der Waals surface area (Å²) >= 11 is 0. The van der Waals surface area contributed by atoms with Gasteiger partial charge in [-0.25, -0.2) is 0 Å². The third kappa shape index (κ3) is 7.77. The highest BCUT2D eigenvalue weighted by molar-refractivity contribution is 8.93. The highest BCUT2D eigenvalue weighted by Gasteiger charge is 2.09. The summed E-state index contributed by atoms with van der Waals surface area (Å²) in [5.41, 5.74) is 10.4. The Morgan fingerprint density at radius 2 is 2.00 bits per heavy atom. The molecule has 1 atom stereocenters. The van der Waals surface area contributed by atoms with E-state index in [1.54, 1.807) is 0 Å². The van der Waals surface area contributed by atoms with E-state index in [1.165, 1.54) is 0 Å². The fourth-order valence-electron chi connectivity index (χ4n) is 0.632. The highest BCUT2D eigenvalue weighted by atomic mass is 79.9. The molecular formula is C6H15BrN2O2. The van der Waals surface area contributed by atoms with Gasteiger partial charge in [0.2, 0.25) is 0 Å². The Bertz CT molecular complexity index is 111. The molecule has 0 amide bonds. The first kappa shape index (κ1) is 13.5. The van der Waals surface area contributed by atoms with Crippen molar-refractivity contribution in [1.82, 2.24) is 0 Å². The third-order valence-electron chi connectivity index (χ3n) is 1.29. The number of aliphatic carboxylic acids is 1. The molecular weight excluding hydrogens is 212 g/mol. The molecule has 0 saturated heterocycles. The summed E-state index contributed by atoms with van der Waals surface area (Å²) < 4.78 is 0. The summed E-state index contributed by atoms with van der Waals surface area (Å²) in [6.45, 7) is 0.604. The first-order chi connectivity index (χ1) is 4.68. The molecule has 0 aliphatic carbocycles. The maximum Gasteiger partial charge on any atom is 0.320 e. The predicted molar refractivity (Wildman–Crippen MR) is 48.8 cm³/mol. The molecule has 0 aliphatic rings. The van der Waals surface area contributed by atoms with Gasteiger partial charge in [0, 0.05) is 0 Å². The SMILES string of the molecule is Br.NCCCC[C@@H](N)C(=O)O. The van der Waals surface area contributed by atoms with Gasteiger partial charge in [0.25, 0.3) is 0 Å². The molecule has 0 aliphatic heterocycles. The lowest BCUT2D eigenvalue weighted by molar-refractivity contribution is -0.138. The molecule has 5 N–H and O–H groups in total. The standard InChI is InChI=1S/C6H14N2O2.BrH/c7-4-2-1-3-5(8)6(9)10;/h5H,1-4,7-8H2,(H,9,10);1H/t5-;/m1./s1. The molecule has 0 heterocycles. The van der Waals surface area contributed by atoms with Crippen LogP contribution in [0.3, 0.4) is 0 Å². The van der Waals surface area contributed by atoms with Gasteiger partial charge in [-0.1, -0.05) is 6.42 Å². The van der Waals surface area contributed by atoms with Crippen LogP contribution in [0.25, 0.3) is 0 Å². The lowest BCUT2D eigenvalue weighted by Gasteiger charge is -2.03. The largest absolute Gasteiger partial charge is 0.480 e. The second-order valence-electron chi connectivity index (χ2n) is 2.23. The van der Waals surface area contributed by atoms with Crippen molar-refractivity contribution in [1.29, 1.82) is 0 Å². The Labute approximate surface area is 76.7 Å². The first-order valence-corrected chi connectivity index (χ1v) is 3.37. The molecule has 0 spiro atoms. The van der Waals surface area contributed by atoms with Gasteiger partial charge in [0.15, 0.2) is 0 Å². The van der Waals surface area contributed by atoms with Crippen LogP contribution in [0.15, 0.2) is 0 Å².